The lowest BCUT2D eigenvalue weighted by atomic mass is 9.93. The number of aromatic nitrogens is 13. The summed E-state index contributed by atoms with van der Waals surface area (Å²) in [5.74, 6) is 1.64. The lowest BCUT2D eigenvalue weighted by Gasteiger charge is -2.28. The number of phenols is 5. The first-order chi connectivity index (χ1) is 62.6. The summed E-state index contributed by atoms with van der Waals surface area (Å²) in [6, 6.07) is 57.4. The molecule has 3 aliphatic rings. The second-order valence-corrected chi connectivity index (χ2v) is 30.0. The third-order valence-electron chi connectivity index (χ3n) is 21.0. The number of pyridine rings is 5. The topological polar surface area (TPSA) is 387 Å². The van der Waals surface area contributed by atoms with Gasteiger partial charge in [-0.3, -0.25) is 67.6 Å². The molecule has 30 nitrogen and oxygen atoms in total. The molecule has 31 heteroatoms. The van der Waals surface area contributed by atoms with Crippen molar-refractivity contribution < 1.29 is 82.7 Å². The smallest absolute Gasteiger partial charge is 0.157 e. The number of carbonyl (C=O) groups is 5. The quantitative estimate of drug-likeness (QED) is 0.0261. The van der Waals surface area contributed by atoms with Gasteiger partial charge >= 0.3 is 0 Å². The molecule has 1 saturated heterocycles. The van der Waals surface area contributed by atoms with Crippen molar-refractivity contribution in [2.24, 2.45) is 0 Å². The zero-order valence-corrected chi connectivity index (χ0v) is 70.4. The van der Waals surface area contributed by atoms with Gasteiger partial charge in [-0.05, 0) is 173 Å². The molecular formula is C97H88ClN13O17. The van der Waals surface area contributed by atoms with E-state index in [9.17, 15) is 49.5 Å². The van der Waals surface area contributed by atoms with E-state index in [1.165, 1.54) is 36.8 Å². The maximum atomic E-state index is 11.3. The molecule has 9 aromatic heterocycles. The van der Waals surface area contributed by atoms with Gasteiger partial charge in [0, 0.05) is 95.2 Å². The van der Waals surface area contributed by atoms with Crippen LogP contribution in [0.2, 0.25) is 5.02 Å². The van der Waals surface area contributed by atoms with E-state index in [4.69, 9.17) is 44.8 Å². The minimum absolute atomic E-state index is 0.0233. The molecule has 15 aromatic rings. The summed E-state index contributed by atoms with van der Waals surface area (Å²) in [4.78, 5) is 78.5. The van der Waals surface area contributed by atoms with Crippen LogP contribution in [0.1, 0.15) is 150 Å². The minimum Gasteiger partial charge on any atom is -0.507 e. The predicted octanol–water partition coefficient (Wildman–Crippen LogP) is 17.9. The van der Waals surface area contributed by atoms with Crippen molar-refractivity contribution in [2.45, 2.75) is 103 Å². The van der Waals surface area contributed by atoms with Gasteiger partial charge in [0.2, 0.25) is 0 Å². The molecule has 650 valence electrons. The molecule has 0 unspecified atom stereocenters. The van der Waals surface area contributed by atoms with Crippen LogP contribution < -0.4 is 28.4 Å². The number of halogens is 1. The van der Waals surface area contributed by atoms with E-state index >= 15 is 0 Å². The first-order valence-electron chi connectivity index (χ1n) is 40.9. The molecule has 18 rings (SSSR count). The van der Waals surface area contributed by atoms with Gasteiger partial charge in [0.1, 0.15) is 96.3 Å². The van der Waals surface area contributed by atoms with E-state index in [0.717, 1.165) is 110 Å². The van der Waals surface area contributed by atoms with Crippen molar-refractivity contribution in [1.82, 2.24) is 64.0 Å². The number of hydrogen-bond donors (Lipinski definition) is 5. The van der Waals surface area contributed by atoms with Crippen LogP contribution in [0.25, 0.3) is 56.8 Å². The number of hydrogen-bond acceptors (Lipinski definition) is 26. The van der Waals surface area contributed by atoms with Crippen molar-refractivity contribution in [3.05, 3.63) is 311 Å². The fourth-order valence-corrected chi connectivity index (χ4v) is 14.2. The highest BCUT2D eigenvalue weighted by Crippen LogP contribution is 2.42. The number of nitrogens with zero attached hydrogens (tertiary/aromatic N) is 13. The van der Waals surface area contributed by atoms with Crippen LogP contribution in [0, 0.1) is 0 Å². The molecule has 128 heavy (non-hydrogen) atoms. The van der Waals surface area contributed by atoms with Crippen molar-refractivity contribution in [3.8, 4) is 120 Å². The molecule has 10 heterocycles. The average molecular weight is 1740 g/mol. The molecule has 0 atom stereocenters. The highest BCUT2D eigenvalue weighted by Gasteiger charge is 2.30. The van der Waals surface area contributed by atoms with Gasteiger partial charge in [-0.2, -0.15) is 20.4 Å². The second kappa shape index (κ2) is 42.6. The molecule has 5 N–H and O–H groups in total. The Morgan fingerprint density at radius 1 is 0.359 bits per heavy atom. The Bertz CT molecular complexity index is 6230. The Hall–Kier alpha value is -15.7. The molecule has 2 aliphatic carbocycles. The maximum absolute atomic E-state index is 11.3. The number of benzene rings is 6. The largest absolute Gasteiger partial charge is 0.507 e. The molecule has 0 amide bonds. The van der Waals surface area contributed by atoms with Gasteiger partial charge in [-0.15, -0.1) is 0 Å². The Balaban J connectivity index is 0.000000129. The number of phenolic OH excluding ortho intramolecular Hbond substituents is 5. The van der Waals surface area contributed by atoms with Crippen molar-refractivity contribution in [1.29, 1.82) is 0 Å². The highest BCUT2D eigenvalue weighted by molar-refractivity contribution is 6.32. The minimum atomic E-state index is -0.288. The van der Waals surface area contributed by atoms with Gasteiger partial charge < -0.3 is 58.7 Å². The first kappa shape index (κ1) is 88.6. The molecule has 0 bridgehead atoms. The van der Waals surface area contributed by atoms with Crippen LogP contribution in [0.5, 0.6) is 63.2 Å². The standard InChI is InChI=1S/C20H19N3O3.C20H17NO4.C19H18ClN3O3.C19H17N3O4.C19H17N3O3/c24-12-16-18(25)7-2-8-19(16)26-13-14-4-3-10-21-20(14)17-9-11-22-23(17)15-5-1-6-15;1-24-18-9-3-2-7-15(18)20-14(6-5-11-21-20)13-25-19-10-4-8-17(23)16(19)12-22;1-12(2)23-16(7-9-22-23)18-13(4-3-8-21-18)11-26-17-6-5-15(20)19(25)14(17)10-24;23-9-15-17(24)4-1-5-18(15)26-10-13-3-2-7-20-19(13)16-6-8-21-22(16)14-11-25-12-14;23-11-15-17(24)4-1-5-18(15)25-12-13-3-2-9-20-19(13)16-8-10-21-22(16)14-6-7-14/h2-4,7-12,15,25H,1,5-6,13H2;2-12,23H,13H2,1H3;3-10,12,25H,11H2,1-2H3;1-9,14,24H,10-12H2;1-5,8-11,14,24H,6-7,12H2. The summed E-state index contributed by atoms with van der Waals surface area (Å²) in [6.07, 6.45) is 24.3. The van der Waals surface area contributed by atoms with Gasteiger partial charge in [0.25, 0.3) is 0 Å². The Kier molecular flexibility index (Phi) is 29.5. The van der Waals surface area contributed by atoms with Gasteiger partial charge in [0.15, 0.2) is 31.4 Å². The molecular weight excluding hydrogens is 1650 g/mol. The lowest BCUT2D eigenvalue weighted by molar-refractivity contribution is -0.0279. The van der Waals surface area contributed by atoms with E-state index in [0.29, 0.717) is 85.5 Å². The van der Waals surface area contributed by atoms with E-state index in [1.54, 1.807) is 117 Å². The zero-order valence-electron chi connectivity index (χ0n) is 69.7. The summed E-state index contributed by atoms with van der Waals surface area (Å²) >= 11 is 5.84. The Morgan fingerprint density at radius 3 is 1.03 bits per heavy atom. The zero-order chi connectivity index (χ0) is 89.4. The average Bonchev–Trinajstić information content (AvgIpc) is 1.66. The number of methoxy groups -OCH3 is 1. The van der Waals surface area contributed by atoms with E-state index in [1.807, 2.05) is 142 Å². The number of carbonyl (C=O) groups excluding carboxylic acids is 5. The van der Waals surface area contributed by atoms with Crippen molar-refractivity contribution >= 4 is 43.0 Å². The van der Waals surface area contributed by atoms with Crippen LogP contribution >= 0.6 is 11.6 Å². The van der Waals surface area contributed by atoms with Crippen molar-refractivity contribution in [3.63, 3.8) is 0 Å². The summed E-state index contributed by atoms with van der Waals surface area (Å²) < 4.78 is 47.4. The molecule has 2 saturated carbocycles. The lowest BCUT2D eigenvalue weighted by Crippen LogP contribution is -2.31. The van der Waals surface area contributed by atoms with Crippen LogP contribution in [-0.2, 0) is 37.8 Å². The number of ether oxygens (including phenoxy) is 7. The fraction of sp³-hybridized carbons (Fsp3) is 0.196. The van der Waals surface area contributed by atoms with Gasteiger partial charge in [-0.25, -0.2) is 0 Å². The normalized spacial score (nSPS) is 12.6. The van der Waals surface area contributed by atoms with Crippen LogP contribution in [0.3, 0.4) is 0 Å². The third-order valence-corrected chi connectivity index (χ3v) is 21.3. The summed E-state index contributed by atoms with van der Waals surface area (Å²) in [5.41, 5.74) is 13.4. The van der Waals surface area contributed by atoms with E-state index < -0.39 is 0 Å². The van der Waals surface area contributed by atoms with Crippen molar-refractivity contribution in [2.75, 3.05) is 20.3 Å². The Morgan fingerprint density at radius 2 is 0.688 bits per heavy atom. The van der Waals surface area contributed by atoms with E-state index in [-0.39, 0.29) is 112 Å². The molecule has 1 aliphatic heterocycles. The van der Waals surface area contributed by atoms with Crippen LogP contribution in [-0.4, -0.2) is 141 Å². The predicted molar refractivity (Wildman–Crippen MR) is 474 cm³/mol. The number of aromatic hydroxyl groups is 5. The Labute approximate surface area is 739 Å². The molecule has 0 spiro atoms. The molecule has 3 fully saturated rings. The number of aldehydes is 5. The molecule has 6 aromatic carbocycles. The first-order valence-corrected chi connectivity index (χ1v) is 41.2. The highest BCUT2D eigenvalue weighted by atomic mass is 35.5. The monoisotopic (exact) mass is 1740 g/mol. The van der Waals surface area contributed by atoms with Gasteiger partial charge in [0.05, 0.1) is 123 Å². The number of para-hydroxylation sites is 1. The number of rotatable bonds is 30. The van der Waals surface area contributed by atoms with E-state index in [2.05, 4.69) is 45.3 Å². The summed E-state index contributed by atoms with van der Waals surface area (Å²) in [7, 11) is 1.61. The third kappa shape index (κ3) is 20.9. The van der Waals surface area contributed by atoms with Gasteiger partial charge in [-0.1, -0.05) is 78.3 Å². The van der Waals surface area contributed by atoms with Crippen LogP contribution in [0.4, 0.5) is 0 Å². The SMILES string of the molecule is CC(C)n1nccc1-c1ncccc1COc1ccc(Cl)c(O)c1C=O.COc1ccccc1-c1ncccc1COc1cccc(O)c1C=O.O=Cc1c(O)cccc1OCc1cccnc1-c1ccnn1C1CC1.O=Cc1c(O)cccc1OCc1cccnc1-c1ccnn1C1CCC1.O=Cc1c(O)cccc1OCc1cccnc1-c1ccnn1C1COC1. The summed E-state index contributed by atoms with van der Waals surface area (Å²) in [6.45, 7) is 6.43. The molecule has 0 radical (unpaired) electrons. The summed E-state index contributed by atoms with van der Waals surface area (Å²) in [5, 5.41) is 66.7. The maximum Gasteiger partial charge on any atom is 0.157 e. The van der Waals surface area contributed by atoms with Crippen LogP contribution in [0.15, 0.2) is 250 Å². The fourth-order valence-electron chi connectivity index (χ4n) is 14.1. The second-order valence-electron chi connectivity index (χ2n) is 29.6.